The van der Waals surface area contributed by atoms with Crippen molar-refractivity contribution in [3.8, 4) is 0 Å². The summed E-state index contributed by atoms with van der Waals surface area (Å²) in [4.78, 5) is 10.2. The van der Waals surface area contributed by atoms with Crippen molar-refractivity contribution >= 4 is 6.29 Å². The molecule has 1 aliphatic heterocycles. The zero-order chi connectivity index (χ0) is 9.52. The SMILES string of the molecule is CCCCCC1CCC(CC=O)O1. The summed E-state index contributed by atoms with van der Waals surface area (Å²) >= 11 is 0. The zero-order valence-corrected chi connectivity index (χ0v) is 8.50. The second kappa shape index (κ2) is 6.14. The number of carbonyl (C=O) groups excluding carboxylic acids is 1. The number of aldehydes is 1. The van der Waals surface area contributed by atoms with Gasteiger partial charge in [0, 0.05) is 6.42 Å². The molecule has 0 aromatic heterocycles. The molecule has 76 valence electrons. The summed E-state index contributed by atoms with van der Waals surface area (Å²) < 4.78 is 5.72. The normalized spacial score (nSPS) is 27.8. The first-order valence-corrected chi connectivity index (χ1v) is 5.46. The average molecular weight is 184 g/mol. The van der Waals surface area contributed by atoms with Gasteiger partial charge in [-0.2, -0.15) is 0 Å². The molecule has 2 nitrogen and oxygen atoms in total. The molecule has 2 atom stereocenters. The Morgan fingerprint density at radius 1 is 1.31 bits per heavy atom. The lowest BCUT2D eigenvalue weighted by atomic mass is 10.1. The Labute approximate surface area is 80.7 Å². The van der Waals surface area contributed by atoms with Gasteiger partial charge in [0.25, 0.3) is 0 Å². The second-order valence-electron chi connectivity index (χ2n) is 3.86. The smallest absolute Gasteiger partial charge is 0.122 e. The number of hydrogen-bond acceptors (Lipinski definition) is 2. The van der Waals surface area contributed by atoms with Crippen LogP contribution in [-0.2, 0) is 9.53 Å². The molecule has 0 aromatic carbocycles. The summed E-state index contributed by atoms with van der Waals surface area (Å²) in [6.07, 6.45) is 9.49. The molecular formula is C11H20O2. The van der Waals surface area contributed by atoms with Crippen LogP contribution >= 0.6 is 0 Å². The molecule has 0 N–H and O–H groups in total. The standard InChI is InChI=1S/C11H20O2/c1-2-3-4-5-10-6-7-11(13-10)8-9-12/h9-11H,2-8H2,1H3. The molecule has 0 spiro atoms. The summed E-state index contributed by atoms with van der Waals surface area (Å²) in [5.74, 6) is 0. The monoisotopic (exact) mass is 184 g/mol. The molecule has 13 heavy (non-hydrogen) atoms. The molecule has 1 heterocycles. The molecule has 0 saturated carbocycles. The Hall–Kier alpha value is -0.370. The predicted molar refractivity (Wildman–Crippen MR) is 52.7 cm³/mol. The van der Waals surface area contributed by atoms with Crippen LogP contribution in [0.1, 0.15) is 51.9 Å². The maximum atomic E-state index is 10.2. The van der Waals surface area contributed by atoms with Crippen molar-refractivity contribution < 1.29 is 9.53 Å². The minimum absolute atomic E-state index is 0.226. The molecule has 0 bridgehead atoms. The van der Waals surface area contributed by atoms with Gasteiger partial charge in [-0.25, -0.2) is 0 Å². The topological polar surface area (TPSA) is 26.3 Å². The van der Waals surface area contributed by atoms with Crippen molar-refractivity contribution in [3.05, 3.63) is 0 Å². The van der Waals surface area contributed by atoms with Crippen LogP contribution in [0.2, 0.25) is 0 Å². The third-order valence-electron chi connectivity index (χ3n) is 2.68. The fraction of sp³-hybridized carbons (Fsp3) is 0.909. The molecule has 2 heteroatoms. The maximum Gasteiger partial charge on any atom is 0.122 e. The minimum atomic E-state index is 0.226. The fourth-order valence-corrected chi connectivity index (χ4v) is 1.90. The van der Waals surface area contributed by atoms with Crippen LogP contribution in [0, 0.1) is 0 Å². The third-order valence-corrected chi connectivity index (χ3v) is 2.68. The van der Waals surface area contributed by atoms with E-state index in [9.17, 15) is 4.79 Å². The Balaban J connectivity index is 2.06. The third kappa shape index (κ3) is 3.90. The highest BCUT2D eigenvalue weighted by Crippen LogP contribution is 2.25. The van der Waals surface area contributed by atoms with E-state index in [0.717, 1.165) is 19.1 Å². The van der Waals surface area contributed by atoms with E-state index in [1.807, 2.05) is 0 Å². The van der Waals surface area contributed by atoms with E-state index in [4.69, 9.17) is 4.74 Å². The van der Waals surface area contributed by atoms with Gasteiger partial charge in [-0.1, -0.05) is 26.2 Å². The van der Waals surface area contributed by atoms with E-state index in [2.05, 4.69) is 6.92 Å². The van der Waals surface area contributed by atoms with Crippen LogP contribution in [0.5, 0.6) is 0 Å². The van der Waals surface area contributed by atoms with E-state index in [1.165, 1.54) is 25.7 Å². The van der Waals surface area contributed by atoms with Crippen LogP contribution in [0.4, 0.5) is 0 Å². The first kappa shape index (κ1) is 10.7. The molecule has 1 fully saturated rings. The molecular weight excluding hydrogens is 164 g/mol. The van der Waals surface area contributed by atoms with Gasteiger partial charge < -0.3 is 9.53 Å². The molecule has 0 amide bonds. The highest BCUT2D eigenvalue weighted by molar-refractivity contribution is 5.50. The highest BCUT2D eigenvalue weighted by atomic mass is 16.5. The molecule has 1 aliphatic rings. The zero-order valence-electron chi connectivity index (χ0n) is 8.50. The van der Waals surface area contributed by atoms with Crippen LogP contribution in [0.25, 0.3) is 0 Å². The molecule has 2 unspecified atom stereocenters. The first-order valence-electron chi connectivity index (χ1n) is 5.46. The van der Waals surface area contributed by atoms with Crippen LogP contribution in [0.15, 0.2) is 0 Å². The summed E-state index contributed by atoms with van der Waals surface area (Å²) in [5.41, 5.74) is 0. The van der Waals surface area contributed by atoms with Crippen molar-refractivity contribution in [3.63, 3.8) is 0 Å². The number of unbranched alkanes of at least 4 members (excludes halogenated alkanes) is 2. The molecule has 0 aromatic rings. The minimum Gasteiger partial charge on any atom is -0.375 e. The van der Waals surface area contributed by atoms with Crippen molar-refractivity contribution in [2.75, 3.05) is 0 Å². The molecule has 0 radical (unpaired) electrons. The van der Waals surface area contributed by atoms with E-state index in [0.29, 0.717) is 12.5 Å². The van der Waals surface area contributed by atoms with Gasteiger partial charge in [-0.3, -0.25) is 0 Å². The molecule has 1 rings (SSSR count). The predicted octanol–water partition coefficient (Wildman–Crippen LogP) is 2.70. The summed E-state index contributed by atoms with van der Waals surface area (Å²) in [7, 11) is 0. The summed E-state index contributed by atoms with van der Waals surface area (Å²) in [6, 6.07) is 0. The van der Waals surface area contributed by atoms with Gasteiger partial charge >= 0.3 is 0 Å². The van der Waals surface area contributed by atoms with E-state index >= 15 is 0 Å². The average Bonchev–Trinajstić information content (AvgIpc) is 2.54. The highest BCUT2D eigenvalue weighted by Gasteiger charge is 2.23. The summed E-state index contributed by atoms with van der Waals surface area (Å²) in [5, 5.41) is 0. The number of hydrogen-bond donors (Lipinski definition) is 0. The van der Waals surface area contributed by atoms with Gasteiger partial charge in [0.1, 0.15) is 6.29 Å². The van der Waals surface area contributed by atoms with Crippen LogP contribution < -0.4 is 0 Å². The van der Waals surface area contributed by atoms with Gasteiger partial charge in [-0.15, -0.1) is 0 Å². The number of carbonyl (C=O) groups is 1. The van der Waals surface area contributed by atoms with Gasteiger partial charge in [-0.05, 0) is 19.3 Å². The van der Waals surface area contributed by atoms with Crippen molar-refractivity contribution in [2.45, 2.75) is 64.1 Å². The Morgan fingerprint density at radius 2 is 2.08 bits per heavy atom. The second-order valence-corrected chi connectivity index (χ2v) is 3.86. The maximum absolute atomic E-state index is 10.2. The number of rotatable bonds is 6. The van der Waals surface area contributed by atoms with Gasteiger partial charge in [0.15, 0.2) is 0 Å². The Morgan fingerprint density at radius 3 is 2.77 bits per heavy atom. The lowest BCUT2D eigenvalue weighted by molar-refractivity contribution is -0.110. The molecule has 0 aliphatic carbocycles. The van der Waals surface area contributed by atoms with E-state index < -0.39 is 0 Å². The molecule has 1 saturated heterocycles. The van der Waals surface area contributed by atoms with Crippen molar-refractivity contribution in [2.24, 2.45) is 0 Å². The first-order chi connectivity index (χ1) is 6.36. The van der Waals surface area contributed by atoms with E-state index in [-0.39, 0.29) is 6.10 Å². The fourth-order valence-electron chi connectivity index (χ4n) is 1.90. The van der Waals surface area contributed by atoms with Gasteiger partial charge in [0.2, 0.25) is 0 Å². The van der Waals surface area contributed by atoms with E-state index in [1.54, 1.807) is 0 Å². The van der Waals surface area contributed by atoms with Crippen LogP contribution in [0.3, 0.4) is 0 Å². The summed E-state index contributed by atoms with van der Waals surface area (Å²) in [6.45, 7) is 2.21. The lowest BCUT2D eigenvalue weighted by Gasteiger charge is -2.11. The van der Waals surface area contributed by atoms with Crippen LogP contribution in [-0.4, -0.2) is 18.5 Å². The number of ether oxygens (including phenoxy) is 1. The van der Waals surface area contributed by atoms with Crippen molar-refractivity contribution in [1.29, 1.82) is 0 Å². The quantitative estimate of drug-likeness (QED) is 0.468. The van der Waals surface area contributed by atoms with Gasteiger partial charge in [0.05, 0.1) is 12.2 Å². The Bertz CT molecular complexity index is 145. The van der Waals surface area contributed by atoms with Crippen molar-refractivity contribution in [1.82, 2.24) is 0 Å². The Kier molecular flexibility index (Phi) is 5.06. The lowest BCUT2D eigenvalue weighted by Crippen LogP contribution is -2.11. The largest absolute Gasteiger partial charge is 0.375 e.